The molecule has 0 saturated heterocycles. The topological polar surface area (TPSA) is 17.1 Å². The largest absolute Gasteiger partial charge is 0.293 e. The van der Waals surface area contributed by atoms with Crippen molar-refractivity contribution in [3.05, 3.63) is 34.5 Å². The molecule has 2 heteroatoms. The van der Waals surface area contributed by atoms with Gasteiger partial charge in [0.05, 0.1) is 4.88 Å². The third-order valence-corrected chi connectivity index (χ3v) is 3.48. The molecule has 1 rings (SSSR count). The molecular weight excluding hydrogens is 204 g/mol. The van der Waals surface area contributed by atoms with Gasteiger partial charge in [-0.3, -0.25) is 4.79 Å². The molecule has 1 nitrogen and oxygen atoms in total. The zero-order valence-corrected chi connectivity index (χ0v) is 10.1. The summed E-state index contributed by atoms with van der Waals surface area (Å²) in [6.45, 7) is 5.68. The second kappa shape index (κ2) is 6.57. The van der Waals surface area contributed by atoms with E-state index in [1.165, 1.54) is 0 Å². The fraction of sp³-hybridized carbons (Fsp3) is 0.462. The van der Waals surface area contributed by atoms with Gasteiger partial charge in [-0.15, -0.1) is 17.9 Å². The molecule has 0 radical (unpaired) electrons. The van der Waals surface area contributed by atoms with E-state index in [-0.39, 0.29) is 0 Å². The minimum Gasteiger partial charge on any atom is -0.293 e. The highest BCUT2D eigenvalue weighted by Crippen LogP contribution is 2.18. The molecule has 0 aromatic carbocycles. The molecule has 0 aliphatic heterocycles. The Bertz CT molecular complexity index is 325. The molecule has 82 valence electrons. The highest BCUT2D eigenvalue weighted by molar-refractivity contribution is 7.12. The highest BCUT2D eigenvalue weighted by atomic mass is 32.1. The van der Waals surface area contributed by atoms with E-state index in [9.17, 15) is 4.79 Å². The van der Waals surface area contributed by atoms with E-state index in [0.29, 0.717) is 12.2 Å². The molecule has 0 unspecified atom stereocenters. The lowest BCUT2D eigenvalue weighted by Crippen LogP contribution is -1.97. The van der Waals surface area contributed by atoms with Gasteiger partial charge in [-0.25, -0.2) is 0 Å². The Morgan fingerprint density at radius 2 is 2.27 bits per heavy atom. The molecular formula is C13H18OS. The van der Waals surface area contributed by atoms with Gasteiger partial charge in [-0.1, -0.05) is 12.5 Å². The standard InChI is InChI=1S/C13H18OS/c1-3-4-5-6-7-8-12(14)13-11(2)9-10-15-13/h3,9-10H,1,4-8H2,2H3. The van der Waals surface area contributed by atoms with Crippen molar-refractivity contribution in [1.82, 2.24) is 0 Å². The summed E-state index contributed by atoms with van der Waals surface area (Å²) in [6.07, 6.45) is 6.97. The minimum absolute atomic E-state index is 0.307. The van der Waals surface area contributed by atoms with Gasteiger partial charge in [0.1, 0.15) is 0 Å². The van der Waals surface area contributed by atoms with E-state index in [4.69, 9.17) is 0 Å². The van der Waals surface area contributed by atoms with E-state index < -0.39 is 0 Å². The summed E-state index contributed by atoms with van der Waals surface area (Å²) in [5.41, 5.74) is 1.12. The van der Waals surface area contributed by atoms with Gasteiger partial charge >= 0.3 is 0 Å². The first-order valence-corrected chi connectivity index (χ1v) is 6.32. The van der Waals surface area contributed by atoms with Crippen LogP contribution in [0, 0.1) is 6.92 Å². The summed E-state index contributed by atoms with van der Waals surface area (Å²) in [5.74, 6) is 0.307. The van der Waals surface area contributed by atoms with Crippen molar-refractivity contribution in [2.75, 3.05) is 0 Å². The number of hydrogen-bond acceptors (Lipinski definition) is 2. The number of hydrogen-bond donors (Lipinski definition) is 0. The van der Waals surface area contributed by atoms with E-state index in [1.54, 1.807) is 11.3 Å². The molecule has 1 aromatic heterocycles. The number of unbranched alkanes of at least 4 members (excludes halogenated alkanes) is 3. The van der Waals surface area contributed by atoms with Crippen molar-refractivity contribution < 1.29 is 4.79 Å². The maximum atomic E-state index is 11.7. The smallest absolute Gasteiger partial charge is 0.173 e. The fourth-order valence-corrected chi connectivity index (χ4v) is 2.42. The average molecular weight is 222 g/mol. The summed E-state index contributed by atoms with van der Waals surface area (Å²) >= 11 is 1.56. The Labute approximate surface area is 95.8 Å². The first kappa shape index (κ1) is 12.2. The molecule has 0 amide bonds. The van der Waals surface area contributed by atoms with Crippen LogP contribution in [-0.2, 0) is 0 Å². The van der Waals surface area contributed by atoms with Crippen molar-refractivity contribution in [2.45, 2.75) is 39.0 Å². The summed E-state index contributed by atoms with van der Waals surface area (Å²) in [4.78, 5) is 12.7. The summed E-state index contributed by atoms with van der Waals surface area (Å²) in [5, 5.41) is 1.99. The highest BCUT2D eigenvalue weighted by Gasteiger charge is 2.09. The zero-order chi connectivity index (χ0) is 11.1. The first-order valence-electron chi connectivity index (χ1n) is 5.44. The van der Waals surface area contributed by atoms with Crippen LogP contribution in [0.2, 0.25) is 0 Å². The molecule has 1 aromatic rings. The normalized spacial score (nSPS) is 10.2. The third-order valence-electron chi connectivity index (χ3n) is 2.43. The van der Waals surface area contributed by atoms with Crippen molar-refractivity contribution in [3.8, 4) is 0 Å². The minimum atomic E-state index is 0.307. The summed E-state index contributed by atoms with van der Waals surface area (Å²) in [6, 6.07) is 2.01. The number of rotatable bonds is 7. The van der Waals surface area contributed by atoms with Gasteiger partial charge in [-0.05, 0) is 43.2 Å². The van der Waals surface area contributed by atoms with Crippen LogP contribution in [0.1, 0.15) is 47.3 Å². The molecule has 15 heavy (non-hydrogen) atoms. The number of carbonyl (C=O) groups is 1. The van der Waals surface area contributed by atoms with Gasteiger partial charge in [0.25, 0.3) is 0 Å². The molecule has 0 spiro atoms. The third kappa shape index (κ3) is 4.00. The Hall–Kier alpha value is -0.890. The maximum Gasteiger partial charge on any atom is 0.173 e. The van der Waals surface area contributed by atoms with Gasteiger partial charge in [0.15, 0.2) is 5.78 Å². The van der Waals surface area contributed by atoms with Crippen LogP contribution in [0.5, 0.6) is 0 Å². The number of Topliss-reactive ketones (excluding diaryl/α,β-unsaturated/α-hetero) is 1. The van der Waals surface area contributed by atoms with Crippen LogP contribution in [0.15, 0.2) is 24.1 Å². The summed E-state index contributed by atoms with van der Waals surface area (Å²) in [7, 11) is 0. The molecule has 0 saturated carbocycles. The Balaban J connectivity index is 2.25. The SMILES string of the molecule is C=CCCCCCC(=O)c1sccc1C. The first-order chi connectivity index (χ1) is 7.25. The van der Waals surface area contributed by atoms with Crippen molar-refractivity contribution in [2.24, 2.45) is 0 Å². The lowest BCUT2D eigenvalue weighted by Gasteiger charge is -1.99. The zero-order valence-electron chi connectivity index (χ0n) is 9.29. The number of aryl methyl sites for hydroxylation is 1. The molecule has 0 N–H and O–H groups in total. The van der Waals surface area contributed by atoms with Crippen LogP contribution in [0.4, 0.5) is 0 Å². The molecule has 1 heterocycles. The monoisotopic (exact) mass is 222 g/mol. The van der Waals surface area contributed by atoms with E-state index >= 15 is 0 Å². The van der Waals surface area contributed by atoms with Gasteiger partial charge in [0.2, 0.25) is 0 Å². The molecule has 0 fully saturated rings. The van der Waals surface area contributed by atoms with Crippen LogP contribution in [-0.4, -0.2) is 5.78 Å². The Morgan fingerprint density at radius 1 is 1.47 bits per heavy atom. The predicted molar refractivity (Wildman–Crippen MR) is 66.7 cm³/mol. The quantitative estimate of drug-likeness (QED) is 0.380. The van der Waals surface area contributed by atoms with Crippen molar-refractivity contribution in [3.63, 3.8) is 0 Å². The Morgan fingerprint density at radius 3 is 2.87 bits per heavy atom. The average Bonchev–Trinajstić information content (AvgIpc) is 2.64. The van der Waals surface area contributed by atoms with Crippen LogP contribution in [0.3, 0.4) is 0 Å². The molecule has 0 bridgehead atoms. The predicted octanol–water partition coefficient (Wildman–Crippen LogP) is 4.38. The van der Waals surface area contributed by atoms with Gasteiger partial charge < -0.3 is 0 Å². The van der Waals surface area contributed by atoms with Gasteiger partial charge in [-0.2, -0.15) is 0 Å². The molecule has 0 atom stereocenters. The Kier molecular flexibility index (Phi) is 5.33. The second-order valence-corrected chi connectivity index (χ2v) is 4.66. The van der Waals surface area contributed by atoms with Crippen LogP contribution < -0.4 is 0 Å². The fourth-order valence-electron chi connectivity index (χ4n) is 1.52. The second-order valence-electron chi connectivity index (χ2n) is 3.74. The van der Waals surface area contributed by atoms with Crippen LogP contribution >= 0.6 is 11.3 Å². The van der Waals surface area contributed by atoms with E-state index in [1.807, 2.05) is 24.4 Å². The van der Waals surface area contributed by atoms with E-state index in [2.05, 4.69) is 6.58 Å². The number of allylic oxidation sites excluding steroid dienone is 1. The maximum absolute atomic E-state index is 11.7. The van der Waals surface area contributed by atoms with Crippen LogP contribution in [0.25, 0.3) is 0 Å². The van der Waals surface area contributed by atoms with Gasteiger partial charge in [0, 0.05) is 6.42 Å². The summed E-state index contributed by atoms with van der Waals surface area (Å²) < 4.78 is 0. The van der Waals surface area contributed by atoms with Crippen molar-refractivity contribution >= 4 is 17.1 Å². The lowest BCUT2D eigenvalue weighted by molar-refractivity contribution is 0.0982. The van der Waals surface area contributed by atoms with Crippen molar-refractivity contribution in [1.29, 1.82) is 0 Å². The number of ketones is 1. The number of thiophene rings is 1. The lowest BCUT2D eigenvalue weighted by atomic mass is 10.1. The molecule has 0 aliphatic rings. The van der Waals surface area contributed by atoms with E-state index in [0.717, 1.165) is 36.1 Å². The number of carbonyl (C=O) groups excluding carboxylic acids is 1. The molecule has 0 aliphatic carbocycles.